The molecule has 5 heteroatoms. The Balaban J connectivity index is 2.57. The molecule has 3 nitrogen and oxygen atoms in total. The lowest BCUT2D eigenvalue weighted by atomic mass is 10.1. The van der Waals surface area contributed by atoms with Gasteiger partial charge in [-0.3, -0.25) is 4.79 Å². The molecule has 1 aromatic rings. The van der Waals surface area contributed by atoms with Gasteiger partial charge in [-0.1, -0.05) is 11.6 Å². The van der Waals surface area contributed by atoms with Gasteiger partial charge in [0.1, 0.15) is 0 Å². The Bertz CT molecular complexity index is 415. The lowest BCUT2D eigenvalue weighted by Gasteiger charge is -2.20. The average molecular weight is 320 g/mol. The van der Waals surface area contributed by atoms with Gasteiger partial charge in [0.2, 0.25) is 5.91 Å². The lowest BCUT2D eigenvalue weighted by Crippen LogP contribution is -2.41. The molecule has 94 valence electrons. The van der Waals surface area contributed by atoms with E-state index < -0.39 is 0 Å². The zero-order valence-electron chi connectivity index (χ0n) is 10.1. The van der Waals surface area contributed by atoms with Crippen molar-refractivity contribution in [2.75, 3.05) is 11.9 Å². The number of rotatable bonds is 3. The fraction of sp³-hybridized carbons (Fsp3) is 0.417. The Morgan fingerprint density at radius 1 is 1.41 bits per heavy atom. The Hall–Kier alpha value is -0.580. The maximum Gasteiger partial charge on any atom is 0.238 e. The number of carbonyl (C=O) groups excluding carboxylic acids is 1. The highest BCUT2D eigenvalue weighted by Gasteiger charge is 2.12. The molecule has 0 radical (unpaired) electrons. The van der Waals surface area contributed by atoms with Gasteiger partial charge in [-0.15, -0.1) is 0 Å². The molecule has 0 bridgehead atoms. The van der Waals surface area contributed by atoms with Crippen LogP contribution in [0.5, 0.6) is 0 Å². The number of halogens is 2. The van der Waals surface area contributed by atoms with Crippen molar-refractivity contribution < 1.29 is 4.79 Å². The van der Waals surface area contributed by atoms with E-state index in [-0.39, 0.29) is 18.0 Å². The van der Waals surface area contributed by atoms with E-state index >= 15 is 0 Å². The summed E-state index contributed by atoms with van der Waals surface area (Å²) in [6.45, 7) is 6.31. The Kier molecular flexibility index (Phi) is 4.98. The first-order chi connectivity index (χ1) is 7.78. The highest BCUT2D eigenvalue weighted by atomic mass is 79.9. The molecule has 1 rings (SSSR count). The summed E-state index contributed by atoms with van der Waals surface area (Å²) in [6, 6.07) is 5.24. The standard InChI is InChI=1S/C12H16BrClN2O/c1-12(2,3)15-7-11(17)16-10-5-4-8(14)6-9(10)13/h4-6,15H,7H2,1-3H3,(H,16,17). The quantitative estimate of drug-likeness (QED) is 0.896. The molecule has 0 saturated carbocycles. The predicted molar refractivity (Wildman–Crippen MR) is 75.5 cm³/mol. The molecule has 0 unspecified atom stereocenters. The van der Waals surface area contributed by atoms with Gasteiger partial charge in [0.25, 0.3) is 0 Å². The second-order valence-electron chi connectivity index (χ2n) is 4.78. The van der Waals surface area contributed by atoms with Gasteiger partial charge in [-0.2, -0.15) is 0 Å². The largest absolute Gasteiger partial charge is 0.324 e. The number of nitrogens with one attached hydrogen (secondary N) is 2. The van der Waals surface area contributed by atoms with Crippen LogP contribution in [-0.2, 0) is 4.79 Å². The molecule has 1 amide bonds. The van der Waals surface area contributed by atoms with E-state index in [0.29, 0.717) is 5.02 Å². The van der Waals surface area contributed by atoms with Gasteiger partial charge in [-0.25, -0.2) is 0 Å². The molecule has 0 aromatic heterocycles. The lowest BCUT2D eigenvalue weighted by molar-refractivity contribution is -0.115. The summed E-state index contributed by atoms with van der Waals surface area (Å²) >= 11 is 9.17. The van der Waals surface area contributed by atoms with E-state index in [9.17, 15) is 4.79 Å². The van der Waals surface area contributed by atoms with Gasteiger partial charge >= 0.3 is 0 Å². The highest BCUT2D eigenvalue weighted by molar-refractivity contribution is 9.10. The number of amides is 1. The van der Waals surface area contributed by atoms with Crippen molar-refractivity contribution >= 4 is 39.1 Å². The summed E-state index contributed by atoms with van der Waals surface area (Å²) in [7, 11) is 0. The normalized spacial score (nSPS) is 11.4. The molecule has 0 fully saturated rings. The van der Waals surface area contributed by atoms with E-state index in [0.717, 1.165) is 10.2 Å². The van der Waals surface area contributed by atoms with Crippen molar-refractivity contribution in [3.63, 3.8) is 0 Å². The van der Waals surface area contributed by atoms with Crippen molar-refractivity contribution in [2.45, 2.75) is 26.3 Å². The van der Waals surface area contributed by atoms with Gasteiger partial charge < -0.3 is 10.6 Å². The minimum atomic E-state index is -0.0806. The minimum Gasteiger partial charge on any atom is -0.324 e. The Labute approximate surface area is 115 Å². The van der Waals surface area contributed by atoms with Gasteiger partial charge in [-0.05, 0) is 54.9 Å². The van der Waals surface area contributed by atoms with Crippen LogP contribution >= 0.6 is 27.5 Å². The first kappa shape index (κ1) is 14.5. The third-order valence-electron chi connectivity index (χ3n) is 1.98. The molecule has 0 heterocycles. The van der Waals surface area contributed by atoms with Crippen LogP contribution in [0.15, 0.2) is 22.7 Å². The molecule has 0 spiro atoms. The van der Waals surface area contributed by atoms with Crippen molar-refractivity contribution in [1.82, 2.24) is 5.32 Å². The zero-order chi connectivity index (χ0) is 13.1. The van der Waals surface area contributed by atoms with Crippen molar-refractivity contribution in [1.29, 1.82) is 0 Å². The summed E-state index contributed by atoms with van der Waals surface area (Å²) in [4.78, 5) is 11.7. The fourth-order valence-electron chi connectivity index (χ4n) is 1.13. The second-order valence-corrected chi connectivity index (χ2v) is 6.07. The summed E-state index contributed by atoms with van der Waals surface area (Å²) < 4.78 is 0.772. The van der Waals surface area contributed by atoms with Gasteiger partial charge in [0.05, 0.1) is 12.2 Å². The Morgan fingerprint density at radius 3 is 2.59 bits per heavy atom. The number of carbonyl (C=O) groups is 1. The first-order valence-electron chi connectivity index (χ1n) is 5.28. The Morgan fingerprint density at radius 2 is 2.06 bits per heavy atom. The third-order valence-corrected chi connectivity index (χ3v) is 2.88. The molecule has 0 aliphatic rings. The number of hydrogen-bond acceptors (Lipinski definition) is 2. The SMILES string of the molecule is CC(C)(C)NCC(=O)Nc1ccc(Cl)cc1Br. The van der Waals surface area contributed by atoms with Crippen LogP contribution in [0.2, 0.25) is 5.02 Å². The molecular weight excluding hydrogens is 304 g/mol. The van der Waals surface area contributed by atoms with Crippen LogP contribution in [0.1, 0.15) is 20.8 Å². The average Bonchev–Trinajstić information content (AvgIpc) is 2.18. The number of benzene rings is 1. The van der Waals surface area contributed by atoms with Crippen LogP contribution in [-0.4, -0.2) is 18.0 Å². The summed E-state index contributed by atoms with van der Waals surface area (Å²) in [5, 5.41) is 6.55. The summed E-state index contributed by atoms with van der Waals surface area (Å²) in [5.41, 5.74) is 0.643. The van der Waals surface area contributed by atoms with Crippen molar-refractivity contribution in [3.8, 4) is 0 Å². The molecule has 17 heavy (non-hydrogen) atoms. The molecule has 2 N–H and O–H groups in total. The molecule has 0 atom stereocenters. The van der Waals surface area contributed by atoms with Crippen LogP contribution in [0, 0.1) is 0 Å². The summed E-state index contributed by atoms with van der Waals surface area (Å²) in [5.74, 6) is -0.0806. The second kappa shape index (κ2) is 5.85. The van der Waals surface area contributed by atoms with Crippen molar-refractivity contribution in [3.05, 3.63) is 27.7 Å². The topological polar surface area (TPSA) is 41.1 Å². The molecule has 0 saturated heterocycles. The van der Waals surface area contributed by atoms with Crippen LogP contribution in [0.3, 0.4) is 0 Å². The molecule has 0 aliphatic heterocycles. The van der Waals surface area contributed by atoms with Crippen LogP contribution in [0.25, 0.3) is 0 Å². The summed E-state index contributed by atoms with van der Waals surface area (Å²) in [6.07, 6.45) is 0. The van der Waals surface area contributed by atoms with Crippen LogP contribution < -0.4 is 10.6 Å². The third kappa shape index (κ3) is 5.52. The van der Waals surface area contributed by atoms with E-state index in [1.54, 1.807) is 18.2 Å². The van der Waals surface area contributed by atoms with E-state index in [1.165, 1.54) is 0 Å². The smallest absolute Gasteiger partial charge is 0.238 e. The first-order valence-corrected chi connectivity index (χ1v) is 6.45. The fourth-order valence-corrected chi connectivity index (χ4v) is 1.91. The minimum absolute atomic E-state index is 0.0748. The van der Waals surface area contributed by atoms with Crippen LogP contribution in [0.4, 0.5) is 5.69 Å². The highest BCUT2D eigenvalue weighted by Crippen LogP contribution is 2.25. The van der Waals surface area contributed by atoms with E-state index in [1.807, 2.05) is 20.8 Å². The predicted octanol–water partition coefficient (Wildman–Crippen LogP) is 3.43. The van der Waals surface area contributed by atoms with Gasteiger partial charge in [0, 0.05) is 15.0 Å². The maximum atomic E-state index is 11.7. The van der Waals surface area contributed by atoms with E-state index in [4.69, 9.17) is 11.6 Å². The maximum absolute atomic E-state index is 11.7. The number of hydrogen-bond donors (Lipinski definition) is 2. The van der Waals surface area contributed by atoms with E-state index in [2.05, 4.69) is 26.6 Å². The number of anilines is 1. The molecular formula is C12H16BrClN2O. The van der Waals surface area contributed by atoms with Crippen molar-refractivity contribution in [2.24, 2.45) is 0 Å². The molecule has 0 aliphatic carbocycles. The zero-order valence-corrected chi connectivity index (χ0v) is 12.4. The molecule has 1 aromatic carbocycles. The van der Waals surface area contributed by atoms with Gasteiger partial charge in [0.15, 0.2) is 0 Å². The monoisotopic (exact) mass is 318 g/mol.